The van der Waals surface area contributed by atoms with Crippen molar-refractivity contribution in [2.24, 2.45) is 0 Å². The third kappa shape index (κ3) is 6.77. The zero-order valence-electron chi connectivity index (χ0n) is 19.9. The molecule has 36 heavy (non-hydrogen) atoms. The molecule has 0 atom stereocenters. The predicted octanol–water partition coefficient (Wildman–Crippen LogP) is 4.47. The van der Waals surface area contributed by atoms with Gasteiger partial charge in [0.25, 0.3) is 10.0 Å². The van der Waals surface area contributed by atoms with Crippen LogP contribution in [-0.4, -0.2) is 29.3 Å². The number of hydrogen-bond acceptors (Lipinski definition) is 9. The molecule has 1 amide bonds. The number of pyridine rings is 1. The van der Waals surface area contributed by atoms with Crippen molar-refractivity contribution in [3.8, 4) is 0 Å². The van der Waals surface area contributed by atoms with Crippen molar-refractivity contribution in [1.82, 2.24) is 20.3 Å². The number of thiophene rings is 1. The maximum Gasteiger partial charge on any atom is 0.271 e. The van der Waals surface area contributed by atoms with Crippen molar-refractivity contribution < 1.29 is 13.2 Å². The minimum Gasteiger partial charge on any atom is -0.351 e. The molecule has 0 bridgehead atoms. The van der Waals surface area contributed by atoms with Crippen molar-refractivity contribution in [3.05, 3.63) is 77.1 Å². The molecule has 3 aromatic heterocycles. The summed E-state index contributed by atoms with van der Waals surface area (Å²) < 4.78 is 28.2. The molecule has 0 radical (unpaired) electrons. The Morgan fingerprint density at radius 3 is 2.28 bits per heavy atom. The SMILES string of the molecule is CC(=O)NCc1ccc(S(=O)(=O)Nc2ccc(Nc3cc(Nc4cc(C)ccn4)nc(C)n3)cc2)s1. The van der Waals surface area contributed by atoms with Crippen LogP contribution in [0.1, 0.15) is 23.2 Å². The van der Waals surface area contributed by atoms with Gasteiger partial charge in [-0.1, -0.05) is 0 Å². The molecule has 0 unspecified atom stereocenters. The van der Waals surface area contributed by atoms with Gasteiger partial charge in [0.2, 0.25) is 5.91 Å². The lowest BCUT2D eigenvalue weighted by atomic mass is 10.3. The second-order valence-electron chi connectivity index (χ2n) is 7.97. The highest BCUT2D eigenvalue weighted by Crippen LogP contribution is 2.26. The minimum atomic E-state index is -3.75. The molecule has 4 N–H and O–H groups in total. The Hall–Kier alpha value is -4.03. The topological polar surface area (TPSA) is 138 Å². The van der Waals surface area contributed by atoms with Crippen LogP contribution in [0.3, 0.4) is 0 Å². The number of amides is 1. The van der Waals surface area contributed by atoms with E-state index in [-0.39, 0.29) is 16.7 Å². The van der Waals surface area contributed by atoms with Crippen molar-refractivity contribution in [2.45, 2.75) is 31.5 Å². The van der Waals surface area contributed by atoms with Crippen LogP contribution in [-0.2, 0) is 21.4 Å². The van der Waals surface area contributed by atoms with E-state index in [1.807, 2.05) is 19.1 Å². The zero-order valence-corrected chi connectivity index (χ0v) is 21.5. The Labute approximate surface area is 213 Å². The van der Waals surface area contributed by atoms with Gasteiger partial charge < -0.3 is 16.0 Å². The molecule has 0 aliphatic heterocycles. The molecule has 186 valence electrons. The summed E-state index contributed by atoms with van der Waals surface area (Å²) in [6.07, 6.45) is 1.73. The maximum atomic E-state index is 12.7. The number of anilines is 5. The van der Waals surface area contributed by atoms with Crippen molar-refractivity contribution >= 4 is 56.1 Å². The summed E-state index contributed by atoms with van der Waals surface area (Å²) in [5.41, 5.74) is 2.23. The fourth-order valence-electron chi connectivity index (χ4n) is 3.22. The maximum absolute atomic E-state index is 12.7. The molecule has 0 aliphatic rings. The lowest BCUT2D eigenvalue weighted by molar-refractivity contribution is -0.119. The average Bonchev–Trinajstić information content (AvgIpc) is 3.29. The van der Waals surface area contributed by atoms with Crippen molar-refractivity contribution in [3.63, 3.8) is 0 Å². The summed E-state index contributed by atoms with van der Waals surface area (Å²) in [4.78, 5) is 24.9. The van der Waals surface area contributed by atoms with Crippen LogP contribution in [0.25, 0.3) is 0 Å². The van der Waals surface area contributed by atoms with Gasteiger partial charge in [0.1, 0.15) is 27.5 Å². The fraction of sp³-hybridized carbons (Fsp3) is 0.167. The normalized spacial score (nSPS) is 11.1. The first-order valence-electron chi connectivity index (χ1n) is 10.9. The van der Waals surface area contributed by atoms with Crippen molar-refractivity contribution in [1.29, 1.82) is 0 Å². The number of aryl methyl sites for hydroxylation is 2. The van der Waals surface area contributed by atoms with E-state index in [0.29, 0.717) is 29.0 Å². The number of nitrogens with zero attached hydrogens (tertiary/aromatic N) is 3. The Kier molecular flexibility index (Phi) is 7.46. The zero-order chi connectivity index (χ0) is 25.7. The molecule has 10 nitrogen and oxygen atoms in total. The number of benzene rings is 1. The Morgan fingerprint density at radius 1 is 0.889 bits per heavy atom. The quantitative estimate of drug-likeness (QED) is 0.252. The molecular formula is C24H25N7O3S2. The summed E-state index contributed by atoms with van der Waals surface area (Å²) >= 11 is 1.11. The first-order valence-corrected chi connectivity index (χ1v) is 13.2. The second kappa shape index (κ2) is 10.7. The lowest BCUT2D eigenvalue weighted by Crippen LogP contribution is -2.18. The Balaban J connectivity index is 1.42. The standard InChI is InChI=1S/C24H25N7O3S2/c1-15-10-11-25-21(12-15)30-23-13-22(27-16(2)28-23)29-18-4-6-19(7-5-18)31-36(33,34)24-9-8-20(35-24)14-26-17(3)32/h4-13,31H,14H2,1-3H3,(H,26,32)(H2,25,27,28,29,30). The lowest BCUT2D eigenvalue weighted by Gasteiger charge is -2.11. The predicted molar refractivity (Wildman–Crippen MR) is 141 cm³/mol. The van der Waals surface area contributed by atoms with Gasteiger partial charge >= 0.3 is 0 Å². The van der Waals surface area contributed by atoms with Crippen LogP contribution < -0.4 is 20.7 Å². The van der Waals surface area contributed by atoms with Gasteiger partial charge in [0.05, 0.1) is 6.54 Å². The number of nitrogens with one attached hydrogen (secondary N) is 4. The first kappa shape index (κ1) is 25.1. The molecule has 0 saturated carbocycles. The molecule has 0 aliphatic carbocycles. The van der Waals surface area contributed by atoms with E-state index in [9.17, 15) is 13.2 Å². The number of hydrogen-bond donors (Lipinski definition) is 4. The molecule has 0 spiro atoms. The van der Waals surface area contributed by atoms with Crippen LogP contribution in [0.4, 0.5) is 28.8 Å². The third-order valence-electron chi connectivity index (χ3n) is 4.83. The average molecular weight is 524 g/mol. The molecular weight excluding hydrogens is 498 g/mol. The highest BCUT2D eigenvalue weighted by molar-refractivity contribution is 7.94. The van der Waals surface area contributed by atoms with Gasteiger partial charge in [-0.05, 0) is 67.9 Å². The minimum absolute atomic E-state index is 0.171. The van der Waals surface area contributed by atoms with E-state index in [1.165, 1.54) is 13.0 Å². The monoisotopic (exact) mass is 523 g/mol. The first-order chi connectivity index (χ1) is 17.2. The van der Waals surface area contributed by atoms with Crippen LogP contribution in [0, 0.1) is 13.8 Å². The molecule has 3 heterocycles. The van der Waals surface area contributed by atoms with Gasteiger partial charge in [-0.25, -0.2) is 23.4 Å². The number of carbonyl (C=O) groups is 1. The highest BCUT2D eigenvalue weighted by Gasteiger charge is 2.17. The molecule has 1 aromatic carbocycles. The van der Waals surface area contributed by atoms with Crippen molar-refractivity contribution in [2.75, 3.05) is 15.4 Å². The van der Waals surface area contributed by atoms with E-state index in [0.717, 1.165) is 27.5 Å². The van der Waals surface area contributed by atoms with E-state index in [4.69, 9.17) is 0 Å². The van der Waals surface area contributed by atoms with Gasteiger partial charge in [0, 0.05) is 35.4 Å². The summed E-state index contributed by atoms with van der Waals surface area (Å²) in [5.74, 6) is 2.27. The number of aromatic nitrogens is 3. The van der Waals surface area contributed by atoms with E-state index >= 15 is 0 Å². The van der Waals surface area contributed by atoms with Crippen LogP contribution in [0.15, 0.2) is 65.0 Å². The molecule has 0 fully saturated rings. The summed E-state index contributed by atoms with van der Waals surface area (Å²) in [6.45, 7) is 5.48. The molecule has 12 heteroatoms. The van der Waals surface area contributed by atoms with Gasteiger partial charge in [-0.3, -0.25) is 9.52 Å². The van der Waals surface area contributed by atoms with Crippen LogP contribution in [0.2, 0.25) is 0 Å². The number of rotatable bonds is 9. The van der Waals surface area contributed by atoms with E-state index < -0.39 is 10.0 Å². The van der Waals surface area contributed by atoms with E-state index in [2.05, 4.69) is 35.6 Å². The summed E-state index contributed by atoms with van der Waals surface area (Å²) in [5, 5.41) is 9.04. The van der Waals surface area contributed by atoms with Crippen LogP contribution in [0.5, 0.6) is 0 Å². The third-order valence-corrected chi connectivity index (χ3v) is 7.79. The highest BCUT2D eigenvalue weighted by atomic mass is 32.2. The number of carbonyl (C=O) groups excluding carboxylic acids is 1. The Morgan fingerprint density at radius 2 is 1.58 bits per heavy atom. The molecule has 4 aromatic rings. The molecule has 0 saturated heterocycles. The molecule has 4 rings (SSSR count). The summed E-state index contributed by atoms with van der Waals surface area (Å²) in [7, 11) is -3.75. The van der Waals surface area contributed by atoms with E-state index in [1.54, 1.807) is 49.5 Å². The van der Waals surface area contributed by atoms with Gasteiger partial charge in [-0.15, -0.1) is 11.3 Å². The largest absolute Gasteiger partial charge is 0.351 e. The summed E-state index contributed by atoms with van der Waals surface area (Å²) in [6, 6.07) is 15.6. The van der Waals surface area contributed by atoms with Crippen LogP contribution >= 0.6 is 11.3 Å². The Bertz CT molecular complexity index is 1490. The fourth-order valence-corrected chi connectivity index (χ4v) is 5.57. The van der Waals surface area contributed by atoms with Gasteiger partial charge in [0.15, 0.2) is 0 Å². The smallest absolute Gasteiger partial charge is 0.271 e. The number of sulfonamides is 1. The second-order valence-corrected chi connectivity index (χ2v) is 11.0. The van der Waals surface area contributed by atoms with Gasteiger partial charge in [-0.2, -0.15) is 0 Å².